The van der Waals surface area contributed by atoms with Crippen LogP contribution in [0.1, 0.15) is 52.5 Å². The quantitative estimate of drug-likeness (QED) is 0.587. The van der Waals surface area contributed by atoms with Crippen LogP contribution in [0.4, 0.5) is 5.00 Å². The summed E-state index contributed by atoms with van der Waals surface area (Å²) in [5.41, 5.74) is 2.60. The monoisotopic (exact) mass is 374 g/mol. The molecule has 1 aromatic heterocycles. The van der Waals surface area contributed by atoms with Gasteiger partial charge in [-0.05, 0) is 54.5 Å². The van der Waals surface area contributed by atoms with Crippen molar-refractivity contribution in [3.63, 3.8) is 0 Å². The lowest BCUT2D eigenvalue weighted by molar-refractivity contribution is 0.0989. The third kappa shape index (κ3) is 3.13. The van der Waals surface area contributed by atoms with Crippen molar-refractivity contribution in [3.8, 4) is 6.07 Å². The Morgan fingerprint density at radius 2 is 1.93 bits per heavy atom. The van der Waals surface area contributed by atoms with Gasteiger partial charge in [0.05, 0.1) is 5.56 Å². The largest absolute Gasteiger partial charge is 0.299 e. The summed E-state index contributed by atoms with van der Waals surface area (Å²) in [4.78, 5) is 16.7. The Kier molecular flexibility index (Phi) is 4.96. The number of hydrogen-bond donors (Lipinski definition) is 0. The molecule has 0 saturated heterocycles. The smallest absolute Gasteiger partial charge is 0.259 e. The summed E-state index contributed by atoms with van der Waals surface area (Å²) < 4.78 is 0. The first-order valence-electron chi connectivity index (χ1n) is 9.59. The molecule has 0 unspecified atom stereocenters. The Morgan fingerprint density at radius 3 is 2.74 bits per heavy atom. The molecule has 27 heavy (non-hydrogen) atoms. The molecule has 136 valence electrons. The van der Waals surface area contributed by atoms with Crippen molar-refractivity contribution in [2.75, 3.05) is 11.4 Å². The van der Waals surface area contributed by atoms with Crippen molar-refractivity contribution in [1.29, 1.82) is 5.26 Å². The zero-order chi connectivity index (χ0) is 18.8. The molecule has 0 radical (unpaired) electrons. The molecule has 3 aromatic rings. The Bertz CT molecular complexity index is 1040. The van der Waals surface area contributed by atoms with Gasteiger partial charge in [-0.1, -0.05) is 43.3 Å². The minimum absolute atomic E-state index is 0.0104. The molecule has 0 atom stereocenters. The maximum atomic E-state index is 13.6. The number of amides is 1. The second kappa shape index (κ2) is 7.54. The van der Waals surface area contributed by atoms with E-state index in [1.165, 1.54) is 16.9 Å². The molecule has 4 rings (SSSR count). The van der Waals surface area contributed by atoms with E-state index in [9.17, 15) is 10.1 Å². The number of anilines is 1. The number of nitriles is 1. The van der Waals surface area contributed by atoms with Crippen LogP contribution in [0.5, 0.6) is 0 Å². The summed E-state index contributed by atoms with van der Waals surface area (Å²) in [6.07, 6.45) is 5.13. The lowest BCUT2D eigenvalue weighted by Crippen LogP contribution is -2.31. The third-order valence-electron chi connectivity index (χ3n) is 5.22. The highest BCUT2D eigenvalue weighted by molar-refractivity contribution is 7.16. The van der Waals surface area contributed by atoms with Crippen LogP contribution in [-0.2, 0) is 12.8 Å². The van der Waals surface area contributed by atoms with E-state index >= 15 is 0 Å². The Balaban J connectivity index is 1.83. The van der Waals surface area contributed by atoms with Gasteiger partial charge in [0.15, 0.2) is 0 Å². The molecule has 0 bridgehead atoms. The molecule has 0 aliphatic heterocycles. The molecule has 0 N–H and O–H groups in total. The van der Waals surface area contributed by atoms with Gasteiger partial charge in [-0.25, -0.2) is 0 Å². The fraction of sp³-hybridized carbons (Fsp3) is 0.304. The minimum Gasteiger partial charge on any atom is -0.299 e. The highest BCUT2D eigenvalue weighted by Crippen LogP contribution is 2.40. The van der Waals surface area contributed by atoms with E-state index in [1.54, 1.807) is 11.3 Å². The number of rotatable bonds is 4. The standard InChI is InChI=1S/C23H22N2OS/c1-2-14-25(23-20(15-24)18-11-5-6-13-21(18)27-23)22(26)19-12-7-9-16-8-3-4-10-17(16)19/h3-4,7-10,12H,2,5-6,11,13-14H2,1H3. The van der Waals surface area contributed by atoms with Crippen LogP contribution in [0.25, 0.3) is 10.8 Å². The Hall–Kier alpha value is -2.64. The second-order valence-electron chi connectivity index (χ2n) is 6.99. The first-order chi connectivity index (χ1) is 13.2. The molecule has 1 heterocycles. The van der Waals surface area contributed by atoms with Crippen molar-refractivity contribution in [2.24, 2.45) is 0 Å². The zero-order valence-electron chi connectivity index (χ0n) is 15.5. The summed E-state index contributed by atoms with van der Waals surface area (Å²) in [5.74, 6) is -0.0104. The molecular weight excluding hydrogens is 352 g/mol. The average Bonchev–Trinajstić information content (AvgIpc) is 3.09. The van der Waals surface area contributed by atoms with Crippen molar-refractivity contribution in [3.05, 3.63) is 64.0 Å². The van der Waals surface area contributed by atoms with Crippen molar-refractivity contribution < 1.29 is 4.79 Å². The third-order valence-corrected chi connectivity index (χ3v) is 6.54. The lowest BCUT2D eigenvalue weighted by Gasteiger charge is -2.22. The van der Waals surface area contributed by atoms with Crippen molar-refractivity contribution in [2.45, 2.75) is 39.0 Å². The van der Waals surface area contributed by atoms with Crippen LogP contribution >= 0.6 is 11.3 Å². The fourth-order valence-corrected chi connectivity index (χ4v) is 5.30. The predicted octanol–water partition coefficient (Wildman–Crippen LogP) is 5.71. The van der Waals surface area contributed by atoms with Crippen LogP contribution in [0.3, 0.4) is 0 Å². The number of aryl methyl sites for hydroxylation is 1. The lowest BCUT2D eigenvalue weighted by atomic mass is 9.96. The summed E-state index contributed by atoms with van der Waals surface area (Å²) in [6.45, 7) is 2.69. The zero-order valence-corrected chi connectivity index (χ0v) is 16.3. The van der Waals surface area contributed by atoms with Gasteiger partial charge in [0.25, 0.3) is 5.91 Å². The van der Waals surface area contributed by atoms with Crippen LogP contribution in [0.2, 0.25) is 0 Å². The average molecular weight is 375 g/mol. The van der Waals surface area contributed by atoms with E-state index in [1.807, 2.05) is 47.4 Å². The minimum atomic E-state index is -0.0104. The van der Waals surface area contributed by atoms with Crippen molar-refractivity contribution >= 4 is 33.0 Å². The predicted molar refractivity (Wildman–Crippen MR) is 112 cm³/mol. The molecule has 1 aliphatic carbocycles. The molecular formula is C23H22N2OS. The summed E-state index contributed by atoms with van der Waals surface area (Å²) >= 11 is 1.65. The highest BCUT2D eigenvalue weighted by Gasteiger charge is 2.28. The molecule has 0 fully saturated rings. The number of carbonyl (C=O) groups is 1. The van der Waals surface area contributed by atoms with E-state index in [0.29, 0.717) is 12.1 Å². The van der Waals surface area contributed by atoms with Gasteiger partial charge < -0.3 is 0 Å². The highest BCUT2D eigenvalue weighted by atomic mass is 32.1. The summed E-state index contributed by atoms with van der Waals surface area (Å²) in [5, 5.41) is 12.7. The van der Waals surface area contributed by atoms with Crippen LogP contribution in [0, 0.1) is 11.3 Å². The summed E-state index contributed by atoms with van der Waals surface area (Å²) in [7, 11) is 0. The van der Waals surface area contributed by atoms with E-state index in [2.05, 4.69) is 13.0 Å². The number of hydrogen-bond acceptors (Lipinski definition) is 3. The van der Waals surface area contributed by atoms with E-state index in [4.69, 9.17) is 0 Å². The topological polar surface area (TPSA) is 44.1 Å². The van der Waals surface area contributed by atoms with Crippen molar-refractivity contribution in [1.82, 2.24) is 0 Å². The molecule has 0 saturated carbocycles. The van der Waals surface area contributed by atoms with E-state index < -0.39 is 0 Å². The van der Waals surface area contributed by atoms with Gasteiger partial charge in [-0.2, -0.15) is 5.26 Å². The number of fused-ring (bicyclic) bond motifs is 2. The number of benzene rings is 2. The maximum absolute atomic E-state index is 13.6. The maximum Gasteiger partial charge on any atom is 0.259 e. The van der Waals surface area contributed by atoms with E-state index in [-0.39, 0.29) is 5.91 Å². The first-order valence-corrected chi connectivity index (χ1v) is 10.4. The molecule has 3 nitrogen and oxygen atoms in total. The second-order valence-corrected chi connectivity index (χ2v) is 8.07. The molecule has 0 spiro atoms. The van der Waals surface area contributed by atoms with Gasteiger partial charge in [0, 0.05) is 17.0 Å². The molecule has 1 aliphatic rings. The Labute approximate surface area is 163 Å². The first kappa shape index (κ1) is 17.8. The molecule has 1 amide bonds. The van der Waals surface area contributed by atoms with Crippen LogP contribution in [0.15, 0.2) is 42.5 Å². The van der Waals surface area contributed by atoms with Gasteiger partial charge in [-0.15, -0.1) is 11.3 Å². The van der Waals surface area contributed by atoms with Crippen LogP contribution in [-0.4, -0.2) is 12.5 Å². The normalized spacial score (nSPS) is 13.2. The van der Waals surface area contributed by atoms with Gasteiger partial charge in [0.1, 0.15) is 11.1 Å². The van der Waals surface area contributed by atoms with Gasteiger partial charge in [-0.3, -0.25) is 9.69 Å². The van der Waals surface area contributed by atoms with Crippen LogP contribution < -0.4 is 4.90 Å². The molecule has 2 aromatic carbocycles. The fourth-order valence-electron chi connectivity index (χ4n) is 3.93. The number of nitrogens with zero attached hydrogens (tertiary/aromatic N) is 2. The molecule has 4 heteroatoms. The van der Waals surface area contributed by atoms with Gasteiger partial charge in [0.2, 0.25) is 0 Å². The number of carbonyl (C=O) groups excluding carboxylic acids is 1. The SMILES string of the molecule is CCCN(C(=O)c1cccc2ccccc12)c1sc2c(c1C#N)CCCC2. The Morgan fingerprint density at radius 1 is 1.15 bits per heavy atom. The van der Waals surface area contributed by atoms with Gasteiger partial charge >= 0.3 is 0 Å². The summed E-state index contributed by atoms with van der Waals surface area (Å²) in [6, 6.07) is 16.2. The number of thiophene rings is 1. The van der Waals surface area contributed by atoms with E-state index in [0.717, 1.165) is 47.0 Å².